The molecule has 1 aromatic rings. The van der Waals surface area contributed by atoms with Crippen LogP contribution < -0.4 is 0 Å². The van der Waals surface area contributed by atoms with Crippen LogP contribution in [0.5, 0.6) is 0 Å². The number of imidazole rings is 1. The fourth-order valence-corrected chi connectivity index (χ4v) is 3.48. The van der Waals surface area contributed by atoms with Crippen LogP contribution in [0.25, 0.3) is 0 Å². The van der Waals surface area contributed by atoms with Gasteiger partial charge in [0, 0.05) is 32.4 Å². The van der Waals surface area contributed by atoms with Crippen molar-refractivity contribution in [1.29, 1.82) is 0 Å². The second-order valence-corrected chi connectivity index (χ2v) is 6.61. The van der Waals surface area contributed by atoms with Gasteiger partial charge >= 0.3 is 6.09 Å². The number of carbonyl (C=O) groups excluding carboxylic acids is 1. The number of likely N-dealkylation sites (N-methyl/N-ethyl adjacent to an activating group) is 1. The molecule has 116 valence electrons. The number of carbonyl (C=O) groups is 1. The van der Waals surface area contributed by atoms with E-state index < -0.39 is 0 Å². The summed E-state index contributed by atoms with van der Waals surface area (Å²) in [6.45, 7) is 7.75. The predicted molar refractivity (Wildman–Crippen MR) is 79.0 cm³/mol. The Morgan fingerprint density at radius 1 is 1.43 bits per heavy atom. The third-order valence-corrected chi connectivity index (χ3v) is 4.45. The summed E-state index contributed by atoms with van der Waals surface area (Å²) in [6.07, 6.45) is 5.67. The van der Waals surface area contributed by atoms with E-state index in [1.54, 1.807) is 4.90 Å². The van der Waals surface area contributed by atoms with Crippen molar-refractivity contribution in [3.05, 3.63) is 18.2 Å². The molecule has 0 radical (unpaired) electrons. The van der Waals surface area contributed by atoms with E-state index in [9.17, 15) is 4.79 Å². The van der Waals surface area contributed by atoms with E-state index in [-0.39, 0.29) is 11.7 Å². The lowest BCUT2D eigenvalue weighted by Gasteiger charge is -2.38. The maximum atomic E-state index is 11.7. The number of piperidine rings is 1. The van der Waals surface area contributed by atoms with Gasteiger partial charge in [-0.15, -0.1) is 0 Å². The number of aromatic nitrogens is 2. The molecule has 6 heteroatoms. The zero-order valence-corrected chi connectivity index (χ0v) is 13.1. The minimum absolute atomic E-state index is 0.191. The van der Waals surface area contributed by atoms with Crippen LogP contribution in [0.2, 0.25) is 0 Å². The summed E-state index contributed by atoms with van der Waals surface area (Å²) in [6, 6.07) is 0.414. The van der Waals surface area contributed by atoms with Crippen molar-refractivity contribution in [2.45, 2.75) is 44.9 Å². The summed E-state index contributed by atoms with van der Waals surface area (Å²) in [5.74, 6) is 0. The molecule has 0 bridgehead atoms. The van der Waals surface area contributed by atoms with Crippen LogP contribution in [-0.2, 0) is 11.3 Å². The third kappa shape index (κ3) is 2.77. The summed E-state index contributed by atoms with van der Waals surface area (Å²) < 4.78 is 7.85. The molecule has 2 saturated heterocycles. The van der Waals surface area contributed by atoms with E-state index in [1.807, 2.05) is 19.6 Å². The summed E-state index contributed by atoms with van der Waals surface area (Å²) >= 11 is 0. The first-order valence-corrected chi connectivity index (χ1v) is 7.66. The summed E-state index contributed by atoms with van der Waals surface area (Å²) in [5.41, 5.74) is 0.909. The van der Waals surface area contributed by atoms with Gasteiger partial charge in [0.05, 0.1) is 18.6 Å². The number of amides is 1. The Labute approximate surface area is 125 Å². The Kier molecular flexibility index (Phi) is 3.65. The molecule has 0 saturated carbocycles. The van der Waals surface area contributed by atoms with Gasteiger partial charge in [0.25, 0.3) is 0 Å². The zero-order valence-electron chi connectivity index (χ0n) is 13.1. The zero-order chi connectivity index (χ0) is 15.0. The number of rotatable bonds is 3. The minimum Gasteiger partial charge on any atom is -0.440 e. The molecule has 1 aromatic heterocycles. The molecule has 2 aliphatic rings. The lowest BCUT2D eigenvalue weighted by Crippen LogP contribution is -2.50. The number of likely N-dealkylation sites (tertiary alicyclic amines) is 1. The molecule has 1 spiro atoms. The Morgan fingerprint density at radius 2 is 2.24 bits per heavy atom. The fraction of sp³-hybridized carbons (Fsp3) is 0.733. The standard InChI is InChI=1S/C15H24N4O2/c1-12(2)19-11-16-7-13(19)8-18-6-4-5-15(10-18)9-17(3)14(20)21-15/h7,11-12H,4-6,8-10H2,1-3H3. The van der Waals surface area contributed by atoms with Crippen LogP contribution in [0.15, 0.2) is 12.5 Å². The normalized spacial score (nSPS) is 26.9. The molecule has 21 heavy (non-hydrogen) atoms. The number of hydrogen-bond donors (Lipinski definition) is 0. The third-order valence-electron chi connectivity index (χ3n) is 4.45. The largest absolute Gasteiger partial charge is 0.440 e. The Hall–Kier alpha value is -1.56. The molecule has 1 unspecified atom stereocenters. The van der Waals surface area contributed by atoms with Crippen molar-refractivity contribution in [3.8, 4) is 0 Å². The number of ether oxygens (including phenoxy) is 1. The van der Waals surface area contributed by atoms with Crippen LogP contribution in [0.4, 0.5) is 4.79 Å². The highest BCUT2D eigenvalue weighted by molar-refractivity contribution is 5.70. The molecule has 1 amide bonds. The van der Waals surface area contributed by atoms with Gasteiger partial charge in [-0.1, -0.05) is 0 Å². The monoisotopic (exact) mass is 292 g/mol. The molecule has 1 atom stereocenters. The highest BCUT2D eigenvalue weighted by Crippen LogP contribution is 2.32. The van der Waals surface area contributed by atoms with Gasteiger partial charge in [-0.05, 0) is 33.2 Å². The van der Waals surface area contributed by atoms with E-state index >= 15 is 0 Å². The Bertz CT molecular complexity index is 527. The van der Waals surface area contributed by atoms with Gasteiger partial charge in [0.1, 0.15) is 5.60 Å². The molecule has 0 aliphatic carbocycles. The van der Waals surface area contributed by atoms with Crippen LogP contribution in [0.1, 0.15) is 38.4 Å². The van der Waals surface area contributed by atoms with Crippen LogP contribution >= 0.6 is 0 Å². The van der Waals surface area contributed by atoms with Gasteiger partial charge in [0.15, 0.2) is 0 Å². The Morgan fingerprint density at radius 3 is 2.90 bits per heavy atom. The quantitative estimate of drug-likeness (QED) is 0.853. The molecule has 3 heterocycles. The minimum atomic E-state index is -0.313. The maximum absolute atomic E-state index is 11.7. The van der Waals surface area contributed by atoms with Crippen LogP contribution in [0.3, 0.4) is 0 Å². The van der Waals surface area contributed by atoms with Gasteiger partial charge in [-0.3, -0.25) is 4.90 Å². The van der Waals surface area contributed by atoms with Crippen molar-refractivity contribution >= 4 is 6.09 Å². The van der Waals surface area contributed by atoms with Gasteiger partial charge < -0.3 is 14.2 Å². The maximum Gasteiger partial charge on any atom is 0.410 e. The summed E-state index contributed by atoms with van der Waals surface area (Å²) in [7, 11) is 1.81. The first kappa shape index (κ1) is 14.4. The molecule has 0 aromatic carbocycles. The molecule has 3 rings (SSSR count). The summed E-state index contributed by atoms with van der Waals surface area (Å²) in [5, 5.41) is 0. The molecule has 2 aliphatic heterocycles. The average molecular weight is 292 g/mol. The van der Waals surface area contributed by atoms with Crippen molar-refractivity contribution < 1.29 is 9.53 Å². The number of hydrogen-bond acceptors (Lipinski definition) is 4. The second kappa shape index (κ2) is 5.33. The van der Waals surface area contributed by atoms with Crippen molar-refractivity contribution in [2.75, 3.05) is 26.7 Å². The summed E-state index contributed by atoms with van der Waals surface area (Å²) in [4.78, 5) is 20.0. The van der Waals surface area contributed by atoms with E-state index in [0.717, 1.165) is 32.5 Å². The van der Waals surface area contributed by atoms with Gasteiger partial charge in [0.2, 0.25) is 0 Å². The highest BCUT2D eigenvalue weighted by Gasteiger charge is 2.46. The molecule has 2 fully saturated rings. The Balaban J connectivity index is 1.69. The van der Waals surface area contributed by atoms with E-state index in [4.69, 9.17) is 4.74 Å². The fourth-order valence-electron chi connectivity index (χ4n) is 3.48. The smallest absolute Gasteiger partial charge is 0.410 e. The molecular weight excluding hydrogens is 268 g/mol. The first-order chi connectivity index (χ1) is 9.99. The second-order valence-electron chi connectivity index (χ2n) is 6.61. The topological polar surface area (TPSA) is 50.6 Å². The van der Waals surface area contributed by atoms with Gasteiger partial charge in [-0.25, -0.2) is 9.78 Å². The van der Waals surface area contributed by atoms with Gasteiger partial charge in [-0.2, -0.15) is 0 Å². The predicted octanol–water partition coefficient (Wildman–Crippen LogP) is 1.88. The van der Waals surface area contributed by atoms with Crippen LogP contribution in [-0.4, -0.2) is 57.7 Å². The van der Waals surface area contributed by atoms with Crippen molar-refractivity contribution in [2.24, 2.45) is 0 Å². The van der Waals surface area contributed by atoms with E-state index in [1.165, 1.54) is 5.69 Å². The lowest BCUT2D eigenvalue weighted by atomic mass is 9.92. The van der Waals surface area contributed by atoms with Crippen molar-refractivity contribution in [3.63, 3.8) is 0 Å². The first-order valence-electron chi connectivity index (χ1n) is 7.66. The molecule has 0 N–H and O–H groups in total. The lowest BCUT2D eigenvalue weighted by molar-refractivity contribution is -0.0120. The molecular formula is C15H24N4O2. The molecule has 6 nitrogen and oxygen atoms in total. The van der Waals surface area contributed by atoms with E-state index in [0.29, 0.717) is 12.6 Å². The van der Waals surface area contributed by atoms with Crippen molar-refractivity contribution in [1.82, 2.24) is 19.4 Å². The number of nitrogens with zero attached hydrogens (tertiary/aromatic N) is 4. The SMILES string of the molecule is CC(C)n1cncc1CN1CCCC2(C1)CN(C)C(=O)O2. The van der Waals surface area contributed by atoms with Crippen LogP contribution in [0, 0.1) is 0 Å². The average Bonchev–Trinajstić information content (AvgIpc) is 2.96. The highest BCUT2D eigenvalue weighted by atomic mass is 16.6. The van der Waals surface area contributed by atoms with E-state index in [2.05, 4.69) is 28.3 Å².